The number of pyridine rings is 1. The molecule has 0 aliphatic rings. The molecule has 0 saturated carbocycles. The van der Waals surface area contributed by atoms with Crippen LogP contribution >= 0.6 is 11.8 Å². The summed E-state index contributed by atoms with van der Waals surface area (Å²) < 4.78 is 44.5. The molecule has 9 heteroatoms. The third kappa shape index (κ3) is 2.87. The zero-order valence-corrected chi connectivity index (χ0v) is 11.6. The standard InChI is InChI=1S/C12H9F3N4OS/c1-7-4-9(20-18-7)6-21-11-17-16-10-3-2-8(5-19(10)11)12(13,14)15/h2-5H,6H2,1H3. The Kier molecular flexibility index (Phi) is 3.36. The number of alkyl halides is 3. The van der Waals surface area contributed by atoms with Crippen molar-refractivity contribution >= 4 is 17.4 Å². The van der Waals surface area contributed by atoms with Gasteiger partial charge in [-0.2, -0.15) is 13.2 Å². The van der Waals surface area contributed by atoms with E-state index in [2.05, 4.69) is 15.4 Å². The van der Waals surface area contributed by atoms with Crippen molar-refractivity contribution in [3.8, 4) is 0 Å². The van der Waals surface area contributed by atoms with Crippen molar-refractivity contribution in [1.29, 1.82) is 0 Å². The normalized spacial score (nSPS) is 12.2. The minimum Gasteiger partial charge on any atom is -0.360 e. The number of fused-ring (bicyclic) bond motifs is 1. The van der Waals surface area contributed by atoms with E-state index in [1.807, 2.05) is 0 Å². The van der Waals surface area contributed by atoms with E-state index in [4.69, 9.17) is 4.52 Å². The lowest BCUT2D eigenvalue weighted by atomic mass is 10.3. The first-order valence-corrected chi connectivity index (χ1v) is 6.89. The highest BCUT2D eigenvalue weighted by Gasteiger charge is 2.31. The molecule has 3 heterocycles. The van der Waals surface area contributed by atoms with Crippen LogP contribution in [0, 0.1) is 6.92 Å². The molecule has 3 aromatic heterocycles. The topological polar surface area (TPSA) is 56.2 Å². The van der Waals surface area contributed by atoms with Gasteiger partial charge in [0.15, 0.2) is 10.8 Å². The molecular weight excluding hydrogens is 305 g/mol. The van der Waals surface area contributed by atoms with Gasteiger partial charge >= 0.3 is 6.18 Å². The second kappa shape index (κ2) is 5.06. The maximum Gasteiger partial charge on any atom is 0.417 e. The van der Waals surface area contributed by atoms with Crippen LogP contribution in [-0.4, -0.2) is 19.8 Å². The van der Waals surface area contributed by atoms with E-state index < -0.39 is 11.7 Å². The molecule has 0 fully saturated rings. The van der Waals surface area contributed by atoms with Crippen molar-refractivity contribution in [2.45, 2.75) is 24.0 Å². The summed E-state index contributed by atoms with van der Waals surface area (Å²) >= 11 is 1.23. The molecule has 110 valence electrons. The van der Waals surface area contributed by atoms with Gasteiger partial charge in [-0.25, -0.2) is 0 Å². The Labute approximate surface area is 121 Å². The van der Waals surface area contributed by atoms with Crippen molar-refractivity contribution in [1.82, 2.24) is 19.8 Å². The van der Waals surface area contributed by atoms with Gasteiger partial charge < -0.3 is 4.52 Å². The Bertz CT molecular complexity index is 780. The number of aromatic nitrogens is 4. The molecule has 0 radical (unpaired) electrons. The predicted molar refractivity (Wildman–Crippen MR) is 68.8 cm³/mol. The van der Waals surface area contributed by atoms with E-state index in [0.29, 0.717) is 22.3 Å². The minimum atomic E-state index is -4.40. The third-order valence-corrected chi connectivity index (χ3v) is 3.68. The Morgan fingerprint density at radius 2 is 2.10 bits per heavy atom. The van der Waals surface area contributed by atoms with Crippen LogP contribution in [0.15, 0.2) is 34.1 Å². The van der Waals surface area contributed by atoms with Crippen LogP contribution in [0.3, 0.4) is 0 Å². The number of halogens is 3. The molecule has 0 atom stereocenters. The predicted octanol–water partition coefficient (Wildman–Crippen LogP) is 3.34. The lowest BCUT2D eigenvalue weighted by Crippen LogP contribution is -2.06. The van der Waals surface area contributed by atoms with Crippen molar-refractivity contribution in [2.24, 2.45) is 0 Å². The van der Waals surface area contributed by atoms with Crippen LogP contribution in [0.25, 0.3) is 5.65 Å². The van der Waals surface area contributed by atoms with Crippen LogP contribution < -0.4 is 0 Å². The summed E-state index contributed by atoms with van der Waals surface area (Å²) in [6.07, 6.45) is -3.41. The second-order valence-electron chi connectivity index (χ2n) is 4.35. The first kappa shape index (κ1) is 13.9. The number of thioether (sulfide) groups is 1. The molecule has 0 unspecified atom stereocenters. The average Bonchev–Trinajstić information content (AvgIpc) is 3.01. The molecular formula is C12H9F3N4OS. The summed E-state index contributed by atoms with van der Waals surface area (Å²) in [5, 5.41) is 11.8. The second-order valence-corrected chi connectivity index (χ2v) is 5.29. The Hall–Kier alpha value is -2.03. The molecule has 0 aliphatic carbocycles. The van der Waals surface area contributed by atoms with Gasteiger partial charge in [0.25, 0.3) is 0 Å². The van der Waals surface area contributed by atoms with E-state index in [1.54, 1.807) is 13.0 Å². The van der Waals surface area contributed by atoms with E-state index >= 15 is 0 Å². The van der Waals surface area contributed by atoms with Crippen molar-refractivity contribution < 1.29 is 17.7 Å². The van der Waals surface area contributed by atoms with Crippen molar-refractivity contribution in [2.75, 3.05) is 0 Å². The maximum atomic E-state index is 12.7. The van der Waals surface area contributed by atoms with E-state index in [9.17, 15) is 13.2 Å². The lowest BCUT2D eigenvalue weighted by molar-refractivity contribution is -0.137. The Balaban J connectivity index is 1.88. The van der Waals surface area contributed by atoms with Gasteiger partial charge in [-0.15, -0.1) is 10.2 Å². The molecule has 0 amide bonds. The smallest absolute Gasteiger partial charge is 0.360 e. The lowest BCUT2D eigenvalue weighted by Gasteiger charge is -2.07. The van der Waals surface area contributed by atoms with Gasteiger partial charge in [-0.3, -0.25) is 4.40 Å². The summed E-state index contributed by atoms with van der Waals surface area (Å²) in [6.45, 7) is 1.79. The fourth-order valence-electron chi connectivity index (χ4n) is 1.76. The van der Waals surface area contributed by atoms with Crippen molar-refractivity contribution in [3.05, 3.63) is 41.4 Å². The van der Waals surface area contributed by atoms with Crippen LogP contribution in [0.1, 0.15) is 17.0 Å². The van der Waals surface area contributed by atoms with E-state index in [-0.39, 0.29) is 0 Å². The average molecular weight is 314 g/mol. The molecule has 0 saturated heterocycles. The van der Waals surface area contributed by atoms with Crippen LogP contribution in [0.2, 0.25) is 0 Å². The largest absolute Gasteiger partial charge is 0.417 e. The molecule has 0 aliphatic heterocycles. The van der Waals surface area contributed by atoms with Gasteiger partial charge in [0, 0.05) is 12.3 Å². The number of rotatable bonds is 3. The van der Waals surface area contributed by atoms with E-state index in [1.165, 1.54) is 22.2 Å². The fraction of sp³-hybridized carbons (Fsp3) is 0.250. The number of hydrogen-bond acceptors (Lipinski definition) is 5. The molecule has 0 bridgehead atoms. The number of nitrogens with zero attached hydrogens (tertiary/aromatic N) is 4. The SMILES string of the molecule is Cc1cc(CSc2nnc3ccc(C(F)(F)F)cn23)on1. The number of aryl methyl sites for hydroxylation is 1. The minimum absolute atomic E-state index is 0.360. The van der Waals surface area contributed by atoms with Gasteiger partial charge in [-0.1, -0.05) is 16.9 Å². The molecule has 0 spiro atoms. The Morgan fingerprint density at radius 3 is 2.76 bits per heavy atom. The summed E-state index contributed by atoms with van der Waals surface area (Å²) in [7, 11) is 0. The number of hydrogen-bond donors (Lipinski definition) is 0. The molecule has 3 aromatic rings. The van der Waals surface area contributed by atoms with Gasteiger partial charge in [-0.05, 0) is 19.1 Å². The van der Waals surface area contributed by atoms with Gasteiger partial charge in [0.05, 0.1) is 17.0 Å². The monoisotopic (exact) mass is 314 g/mol. The molecule has 0 N–H and O–H groups in total. The Morgan fingerprint density at radius 1 is 1.29 bits per heavy atom. The van der Waals surface area contributed by atoms with Gasteiger partial charge in [0.2, 0.25) is 0 Å². The first-order chi connectivity index (χ1) is 9.93. The summed E-state index contributed by atoms with van der Waals surface area (Å²) in [4.78, 5) is 0. The summed E-state index contributed by atoms with van der Waals surface area (Å²) in [5.74, 6) is 1.04. The summed E-state index contributed by atoms with van der Waals surface area (Å²) in [6, 6.07) is 4.04. The highest BCUT2D eigenvalue weighted by Crippen LogP contribution is 2.30. The highest BCUT2D eigenvalue weighted by molar-refractivity contribution is 7.98. The first-order valence-electron chi connectivity index (χ1n) is 5.90. The fourth-order valence-corrected chi connectivity index (χ4v) is 2.55. The molecule has 3 rings (SSSR count). The zero-order valence-electron chi connectivity index (χ0n) is 10.8. The third-order valence-electron chi connectivity index (χ3n) is 2.72. The van der Waals surface area contributed by atoms with Gasteiger partial charge in [0.1, 0.15) is 5.76 Å². The molecule has 21 heavy (non-hydrogen) atoms. The maximum absolute atomic E-state index is 12.7. The molecule has 5 nitrogen and oxygen atoms in total. The van der Waals surface area contributed by atoms with Crippen LogP contribution in [-0.2, 0) is 11.9 Å². The molecule has 0 aromatic carbocycles. The highest BCUT2D eigenvalue weighted by atomic mass is 32.2. The zero-order chi connectivity index (χ0) is 15.0. The summed E-state index contributed by atoms with van der Waals surface area (Å²) in [5.41, 5.74) is 0.363. The van der Waals surface area contributed by atoms with E-state index in [0.717, 1.165) is 18.0 Å². The van der Waals surface area contributed by atoms with Crippen LogP contribution in [0.5, 0.6) is 0 Å². The van der Waals surface area contributed by atoms with Crippen LogP contribution in [0.4, 0.5) is 13.2 Å². The quantitative estimate of drug-likeness (QED) is 0.694. The van der Waals surface area contributed by atoms with Crippen molar-refractivity contribution in [3.63, 3.8) is 0 Å².